The molecule has 8 heteroatoms. The molecule has 0 saturated heterocycles. The van der Waals surface area contributed by atoms with E-state index < -0.39 is 53.2 Å². The third kappa shape index (κ3) is 3.53. The lowest BCUT2D eigenvalue weighted by atomic mass is 10.0. The number of hydrogen-bond acceptors (Lipinski definition) is 2. The molecule has 1 aromatic rings. The monoisotopic (exact) mass is 314 g/mol. The van der Waals surface area contributed by atoms with Crippen molar-refractivity contribution in [1.82, 2.24) is 0 Å². The van der Waals surface area contributed by atoms with Gasteiger partial charge in [0.25, 0.3) is 5.92 Å². The highest BCUT2D eigenvalue weighted by atomic mass is 35.5. The van der Waals surface area contributed by atoms with E-state index in [2.05, 4.69) is 4.74 Å². The highest BCUT2D eigenvalue weighted by Crippen LogP contribution is 2.40. The average Bonchev–Trinajstić information content (AvgIpc) is 2.38. The lowest BCUT2D eigenvalue weighted by Crippen LogP contribution is -2.30. The van der Waals surface area contributed by atoms with Crippen LogP contribution in [-0.2, 0) is 10.7 Å². The van der Waals surface area contributed by atoms with Crippen LogP contribution in [0.3, 0.4) is 0 Å². The molecule has 1 unspecified atom stereocenters. The standard InChI is InChI=1S/C12H11ClF4O3/c1-2-12(16,17)6-3-8(15)7(13)4-9(6)20-10(5-14)11(18)19/h3-4,10H,2,5H2,1H3,(H,18,19). The molecular weight excluding hydrogens is 304 g/mol. The molecule has 0 aliphatic rings. The Morgan fingerprint density at radius 1 is 1.50 bits per heavy atom. The summed E-state index contributed by atoms with van der Waals surface area (Å²) in [5, 5.41) is 8.12. The number of carbonyl (C=O) groups is 1. The molecule has 0 aliphatic carbocycles. The zero-order chi connectivity index (χ0) is 15.5. The Bertz CT molecular complexity index is 508. The van der Waals surface area contributed by atoms with E-state index >= 15 is 0 Å². The summed E-state index contributed by atoms with van der Waals surface area (Å²) >= 11 is 5.44. The van der Waals surface area contributed by atoms with Crippen LogP contribution in [0.1, 0.15) is 18.9 Å². The van der Waals surface area contributed by atoms with Crippen LogP contribution >= 0.6 is 11.6 Å². The van der Waals surface area contributed by atoms with Gasteiger partial charge in [0, 0.05) is 12.5 Å². The third-order valence-electron chi connectivity index (χ3n) is 2.55. The summed E-state index contributed by atoms with van der Waals surface area (Å²) in [6.45, 7) is -0.276. The van der Waals surface area contributed by atoms with E-state index in [1.165, 1.54) is 0 Å². The summed E-state index contributed by atoms with van der Waals surface area (Å²) in [7, 11) is 0. The minimum Gasteiger partial charge on any atom is -0.478 e. The summed E-state index contributed by atoms with van der Waals surface area (Å²) in [6, 6.07) is 1.17. The van der Waals surface area contributed by atoms with Gasteiger partial charge in [-0.25, -0.2) is 22.4 Å². The quantitative estimate of drug-likeness (QED) is 0.813. The van der Waals surface area contributed by atoms with Gasteiger partial charge in [-0.2, -0.15) is 0 Å². The number of alkyl halides is 3. The molecule has 0 heterocycles. The second-order valence-electron chi connectivity index (χ2n) is 3.92. The van der Waals surface area contributed by atoms with E-state index in [4.69, 9.17) is 16.7 Å². The molecule has 1 rings (SSSR count). The summed E-state index contributed by atoms with van der Waals surface area (Å²) in [4.78, 5) is 10.7. The van der Waals surface area contributed by atoms with Gasteiger partial charge in [-0.05, 0) is 6.07 Å². The van der Waals surface area contributed by atoms with Crippen molar-refractivity contribution in [1.29, 1.82) is 0 Å². The molecule has 1 atom stereocenters. The van der Waals surface area contributed by atoms with Crippen molar-refractivity contribution in [2.75, 3.05) is 6.67 Å². The van der Waals surface area contributed by atoms with Crippen molar-refractivity contribution in [3.05, 3.63) is 28.5 Å². The second kappa shape index (κ2) is 6.30. The van der Waals surface area contributed by atoms with Crippen LogP contribution in [0.5, 0.6) is 5.75 Å². The van der Waals surface area contributed by atoms with Gasteiger partial charge in [0.05, 0.1) is 10.6 Å². The van der Waals surface area contributed by atoms with Crippen molar-refractivity contribution in [3.63, 3.8) is 0 Å². The van der Waals surface area contributed by atoms with E-state index in [0.717, 1.165) is 6.92 Å². The van der Waals surface area contributed by atoms with E-state index in [9.17, 15) is 22.4 Å². The van der Waals surface area contributed by atoms with Gasteiger partial charge in [-0.3, -0.25) is 0 Å². The number of rotatable bonds is 6. The predicted molar refractivity (Wildman–Crippen MR) is 63.6 cm³/mol. The first-order chi connectivity index (χ1) is 9.22. The van der Waals surface area contributed by atoms with Crippen LogP contribution < -0.4 is 4.74 Å². The fraction of sp³-hybridized carbons (Fsp3) is 0.417. The van der Waals surface area contributed by atoms with Crippen LogP contribution in [0.25, 0.3) is 0 Å². The lowest BCUT2D eigenvalue weighted by molar-refractivity contribution is -0.145. The number of halogens is 5. The maximum atomic E-state index is 13.7. The van der Waals surface area contributed by atoms with Crippen LogP contribution in [0.4, 0.5) is 17.6 Å². The van der Waals surface area contributed by atoms with Gasteiger partial charge < -0.3 is 9.84 Å². The molecule has 1 N–H and O–H groups in total. The van der Waals surface area contributed by atoms with Gasteiger partial charge in [-0.1, -0.05) is 18.5 Å². The van der Waals surface area contributed by atoms with Crippen LogP contribution in [0, 0.1) is 5.82 Å². The zero-order valence-electron chi connectivity index (χ0n) is 10.3. The maximum Gasteiger partial charge on any atom is 0.347 e. The summed E-state index contributed by atoms with van der Waals surface area (Å²) in [5.41, 5.74) is -0.874. The molecule has 0 aromatic heterocycles. The third-order valence-corrected chi connectivity index (χ3v) is 2.84. The molecule has 0 saturated carbocycles. The largest absolute Gasteiger partial charge is 0.478 e. The van der Waals surface area contributed by atoms with E-state index in [0.29, 0.717) is 12.1 Å². The highest BCUT2D eigenvalue weighted by molar-refractivity contribution is 6.30. The maximum absolute atomic E-state index is 13.7. The van der Waals surface area contributed by atoms with Crippen molar-refractivity contribution in [2.45, 2.75) is 25.4 Å². The van der Waals surface area contributed by atoms with Crippen LogP contribution in [0.15, 0.2) is 12.1 Å². The van der Waals surface area contributed by atoms with Crippen LogP contribution in [0.2, 0.25) is 5.02 Å². The molecule has 20 heavy (non-hydrogen) atoms. The van der Waals surface area contributed by atoms with Crippen molar-refractivity contribution >= 4 is 17.6 Å². The number of carboxylic acid groups (broad SMARTS) is 1. The number of hydrogen-bond donors (Lipinski definition) is 1. The van der Waals surface area contributed by atoms with Crippen molar-refractivity contribution in [2.24, 2.45) is 0 Å². The number of benzene rings is 1. The normalized spacial score (nSPS) is 13.1. The van der Waals surface area contributed by atoms with Crippen molar-refractivity contribution in [3.8, 4) is 5.75 Å². The van der Waals surface area contributed by atoms with Crippen molar-refractivity contribution < 1.29 is 32.2 Å². The predicted octanol–water partition coefficient (Wildman–Crippen LogP) is 3.78. The molecule has 3 nitrogen and oxygen atoms in total. The van der Waals surface area contributed by atoms with E-state index in [1.54, 1.807) is 0 Å². The van der Waals surface area contributed by atoms with Gasteiger partial charge >= 0.3 is 5.97 Å². The minimum atomic E-state index is -3.46. The SMILES string of the molecule is CCC(F)(F)c1cc(F)c(Cl)cc1OC(CF)C(=O)O. The topological polar surface area (TPSA) is 46.5 Å². The summed E-state index contributed by atoms with van der Waals surface area (Å²) in [6.07, 6.45) is -2.64. The molecule has 0 fully saturated rings. The Morgan fingerprint density at radius 2 is 2.10 bits per heavy atom. The second-order valence-corrected chi connectivity index (χ2v) is 4.33. The Morgan fingerprint density at radius 3 is 2.55 bits per heavy atom. The smallest absolute Gasteiger partial charge is 0.347 e. The summed E-state index contributed by atoms with van der Waals surface area (Å²) in [5.74, 6) is -6.89. The average molecular weight is 315 g/mol. The fourth-order valence-corrected chi connectivity index (χ4v) is 1.56. The molecule has 0 radical (unpaired) electrons. The Kier molecular flexibility index (Phi) is 5.21. The Hall–Kier alpha value is -1.50. The molecule has 0 bridgehead atoms. The zero-order valence-corrected chi connectivity index (χ0v) is 11.1. The molecule has 112 valence electrons. The highest BCUT2D eigenvalue weighted by Gasteiger charge is 2.35. The molecule has 0 spiro atoms. The molecule has 0 aliphatic heterocycles. The fourth-order valence-electron chi connectivity index (χ4n) is 1.40. The Labute approximate surface area is 117 Å². The lowest BCUT2D eigenvalue weighted by Gasteiger charge is -2.21. The van der Waals surface area contributed by atoms with Gasteiger partial charge in [0.2, 0.25) is 6.10 Å². The van der Waals surface area contributed by atoms with E-state index in [-0.39, 0.29) is 0 Å². The Balaban J connectivity index is 3.30. The van der Waals surface area contributed by atoms with Gasteiger partial charge in [-0.15, -0.1) is 0 Å². The first kappa shape index (κ1) is 16.6. The molecular formula is C12H11ClF4O3. The number of aliphatic carboxylic acids is 1. The van der Waals surface area contributed by atoms with Crippen LogP contribution in [-0.4, -0.2) is 23.9 Å². The molecule has 0 amide bonds. The van der Waals surface area contributed by atoms with Gasteiger partial charge in [0.1, 0.15) is 18.2 Å². The summed E-state index contributed by atoms with van der Waals surface area (Å²) < 4.78 is 57.8. The number of ether oxygens (including phenoxy) is 1. The first-order valence-corrected chi connectivity index (χ1v) is 5.93. The molecule has 1 aromatic carbocycles. The first-order valence-electron chi connectivity index (χ1n) is 5.55. The van der Waals surface area contributed by atoms with Gasteiger partial charge in [0.15, 0.2) is 0 Å². The van der Waals surface area contributed by atoms with E-state index in [1.807, 2.05) is 0 Å². The minimum absolute atomic E-state index is 0.457. The number of carboxylic acids is 1.